The molecule has 0 aromatic carbocycles. The van der Waals surface area contributed by atoms with Crippen LogP contribution in [0.4, 0.5) is 0 Å². The summed E-state index contributed by atoms with van der Waals surface area (Å²) in [4.78, 5) is 21.7. The standard InChI is InChI=1S/C6H11N3O3/c1-12-6(11)4-5(7)9-3(10)2-8-4/h4-5,8H,2,7H2,1H3,(H,9,10). The second-order valence-corrected chi connectivity index (χ2v) is 2.48. The Balaban J connectivity index is 2.56. The Morgan fingerprint density at radius 2 is 2.42 bits per heavy atom. The number of hydrogen-bond acceptors (Lipinski definition) is 5. The van der Waals surface area contributed by atoms with Crippen LogP contribution in [0.2, 0.25) is 0 Å². The average molecular weight is 173 g/mol. The van der Waals surface area contributed by atoms with E-state index in [1.807, 2.05) is 0 Å². The van der Waals surface area contributed by atoms with Crippen molar-refractivity contribution >= 4 is 11.9 Å². The summed E-state index contributed by atoms with van der Waals surface area (Å²) in [5, 5.41) is 5.08. The Bertz CT molecular complexity index is 206. The van der Waals surface area contributed by atoms with Crippen LogP contribution >= 0.6 is 0 Å². The van der Waals surface area contributed by atoms with Crippen molar-refractivity contribution in [2.75, 3.05) is 13.7 Å². The molecular weight excluding hydrogens is 162 g/mol. The van der Waals surface area contributed by atoms with Crippen LogP contribution in [0.3, 0.4) is 0 Å². The molecule has 2 atom stereocenters. The molecule has 1 saturated heterocycles. The fourth-order valence-corrected chi connectivity index (χ4v) is 1.01. The third-order valence-corrected chi connectivity index (χ3v) is 1.62. The van der Waals surface area contributed by atoms with Gasteiger partial charge in [-0.15, -0.1) is 0 Å². The summed E-state index contributed by atoms with van der Waals surface area (Å²) in [5.74, 6) is -0.690. The highest BCUT2D eigenvalue weighted by Crippen LogP contribution is 1.95. The van der Waals surface area contributed by atoms with Crippen molar-refractivity contribution in [1.82, 2.24) is 10.6 Å². The van der Waals surface area contributed by atoms with Crippen LogP contribution in [-0.2, 0) is 14.3 Å². The van der Waals surface area contributed by atoms with Gasteiger partial charge in [0.25, 0.3) is 0 Å². The molecule has 6 nitrogen and oxygen atoms in total. The number of rotatable bonds is 1. The molecule has 6 heteroatoms. The first kappa shape index (κ1) is 8.95. The molecule has 1 heterocycles. The lowest BCUT2D eigenvalue weighted by atomic mass is 10.2. The summed E-state index contributed by atoms with van der Waals surface area (Å²) in [6.07, 6.45) is -0.710. The van der Waals surface area contributed by atoms with Gasteiger partial charge < -0.3 is 15.8 Å². The quantitative estimate of drug-likeness (QED) is 0.382. The van der Waals surface area contributed by atoms with Crippen molar-refractivity contribution in [2.45, 2.75) is 12.2 Å². The summed E-state index contributed by atoms with van der Waals surface area (Å²) in [5.41, 5.74) is 5.45. The Labute approximate surface area is 69.4 Å². The molecule has 12 heavy (non-hydrogen) atoms. The largest absolute Gasteiger partial charge is 0.468 e. The SMILES string of the molecule is COC(=O)C1NCC(=O)NC1N. The van der Waals surface area contributed by atoms with Gasteiger partial charge in [-0.2, -0.15) is 0 Å². The highest BCUT2D eigenvalue weighted by molar-refractivity contribution is 5.84. The zero-order valence-electron chi connectivity index (χ0n) is 6.66. The molecule has 4 N–H and O–H groups in total. The van der Waals surface area contributed by atoms with E-state index >= 15 is 0 Å². The third kappa shape index (κ3) is 1.72. The minimum atomic E-state index is -0.710. The average Bonchev–Trinajstić information content (AvgIpc) is 2.03. The Kier molecular flexibility index (Phi) is 2.61. The lowest BCUT2D eigenvalue weighted by Crippen LogP contribution is -2.65. The van der Waals surface area contributed by atoms with Gasteiger partial charge in [0.05, 0.1) is 13.7 Å². The number of esters is 1. The molecule has 0 aromatic rings. The number of amides is 1. The molecule has 1 aliphatic heterocycles. The van der Waals surface area contributed by atoms with Crippen molar-refractivity contribution in [1.29, 1.82) is 0 Å². The van der Waals surface area contributed by atoms with Gasteiger partial charge in [0.15, 0.2) is 0 Å². The van der Waals surface area contributed by atoms with E-state index < -0.39 is 18.2 Å². The Hall–Kier alpha value is -1.14. The predicted octanol–water partition coefficient (Wildman–Crippen LogP) is -2.47. The first-order valence-electron chi connectivity index (χ1n) is 3.51. The topological polar surface area (TPSA) is 93.4 Å². The van der Waals surface area contributed by atoms with E-state index in [9.17, 15) is 9.59 Å². The predicted molar refractivity (Wildman–Crippen MR) is 39.9 cm³/mol. The zero-order chi connectivity index (χ0) is 9.14. The minimum Gasteiger partial charge on any atom is -0.468 e. The molecule has 0 bridgehead atoms. The summed E-state index contributed by atoms with van der Waals surface area (Å²) in [7, 11) is 1.27. The number of nitrogens with one attached hydrogen (secondary N) is 2. The number of methoxy groups -OCH3 is 1. The molecule has 0 aliphatic carbocycles. The van der Waals surface area contributed by atoms with Crippen LogP contribution in [0.5, 0.6) is 0 Å². The normalized spacial score (nSPS) is 29.3. The van der Waals surface area contributed by atoms with Crippen LogP contribution in [0, 0.1) is 0 Å². The molecule has 0 saturated carbocycles. The van der Waals surface area contributed by atoms with Crippen molar-refractivity contribution in [3.05, 3.63) is 0 Å². The van der Waals surface area contributed by atoms with Gasteiger partial charge in [0.1, 0.15) is 12.2 Å². The van der Waals surface area contributed by atoms with E-state index in [0.717, 1.165) is 0 Å². The van der Waals surface area contributed by atoms with E-state index in [0.29, 0.717) is 0 Å². The maximum atomic E-state index is 11.0. The van der Waals surface area contributed by atoms with Crippen LogP contribution in [0.1, 0.15) is 0 Å². The Morgan fingerprint density at radius 1 is 1.75 bits per heavy atom. The smallest absolute Gasteiger partial charge is 0.326 e. The second-order valence-electron chi connectivity index (χ2n) is 2.48. The van der Waals surface area contributed by atoms with E-state index in [1.165, 1.54) is 7.11 Å². The van der Waals surface area contributed by atoms with Crippen molar-refractivity contribution in [3.63, 3.8) is 0 Å². The number of carbonyl (C=O) groups excluding carboxylic acids is 2. The molecular formula is C6H11N3O3. The molecule has 1 amide bonds. The van der Waals surface area contributed by atoms with Crippen molar-refractivity contribution < 1.29 is 14.3 Å². The van der Waals surface area contributed by atoms with Gasteiger partial charge in [-0.1, -0.05) is 0 Å². The lowest BCUT2D eigenvalue weighted by molar-refractivity contribution is -0.145. The first-order valence-corrected chi connectivity index (χ1v) is 3.51. The van der Waals surface area contributed by atoms with Gasteiger partial charge in [-0.3, -0.25) is 14.9 Å². The summed E-state index contributed by atoms with van der Waals surface area (Å²) in [6, 6.07) is -0.646. The zero-order valence-corrected chi connectivity index (χ0v) is 6.66. The van der Waals surface area contributed by atoms with E-state index in [-0.39, 0.29) is 12.5 Å². The van der Waals surface area contributed by atoms with Gasteiger partial charge in [-0.05, 0) is 0 Å². The number of hydrogen-bond donors (Lipinski definition) is 3. The summed E-state index contributed by atoms with van der Waals surface area (Å²) in [6.45, 7) is 0.0907. The Morgan fingerprint density at radius 3 is 2.92 bits per heavy atom. The third-order valence-electron chi connectivity index (χ3n) is 1.62. The van der Waals surface area contributed by atoms with Crippen LogP contribution in [-0.4, -0.2) is 37.7 Å². The minimum absolute atomic E-state index is 0.0907. The van der Waals surface area contributed by atoms with Crippen molar-refractivity contribution in [3.8, 4) is 0 Å². The van der Waals surface area contributed by atoms with Gasteiger partial charge in [-0.25, -0.2) is 0 Å². The van der Waals surface area contributed by atoms with E-state index in [2.05, 4.69) is 15.4 Å². The lowest BCUT2D eigenvalue weighted by Gasteiger charge is -2.27. The van der Waals surface area contributed by atoms with Crippen LogP contribution in [0.15, 0.2) is 0 Å². The fourth-order valence-electron chi connectivity index (χ4n) is 1.01. The molecule has 1 rings (SSSR count). The number of ether oxygens (including phenoxy) is 1. The number of carbonyl (C=O) groups is 2. The molecule has 0 aromatic heterocycles. The molecule has 2 unspecified atom stereocenters. The molecule has 1 fully saturated rings. The van der Waals surface area contributed by atoms with Crippen molar-refractivity contribution in [2.24, 2.45) is 5.73 Å². The monoisotopic (exact) mass is 173 g/mol. The van der Waals surface area contributed by atoms with E-state index in [1.54, 1.807) is 0 Å². The summed E-state index contributed by atoms with van der Waals surface area (Å²) >= 11 is 0. The molecule has 0 spiro atoms. The number of nitrogens with two attached hydrogens (primary N) is 1. The first-order chi connectivity index (χ1) is 5.65. The van der Waals surface area contributed by atoms with E-state index in [4.69, 9.17) is 5.73 Å². The van der Waals surface area contributed by atoms with Gasteiger partial charge in [0, 0.05) is 0 Å². The molecule has 68 valence electrons. The summed E-state index contributed by atoms with van der Waals surface area (Å²) < 4.78 is 4.46. The maximum Gasteiger partial charge on any atom is 0.326 e. The second kappa shape index (κ2) is 3.51. The highest BCUT2D eigenvalue weighted by Gasteiger charge is 2.31. The van der Waals surface area contributed by atoms with Crippen LogP contribution in [0.25, 0.3) is 0 Å². The van der Waals surface area contributed by atoms with Crippen LogP contribution < -0.4 is 16.4 Å². The highest BCUT2D eigenvalue weighted by atomic mass is 16.5. The number of piperazine rings is 1. The molecule has 1 aliphatic rings. The van der Waals surface area contributed by atoms with Gasteiger partial charge in [0.2, 0.25) is 5.91 Å². The van der Waals surface area contributed by atoms with Gasteiger partial charge >= 0.3 is 5.97 Å². The maximum absolute atomic E-state index is 11.0. The molecule has 0 radical (unpaired) electrons. The fraction of sp³-hybridized carbons (Fsp3) is 0.667.